The molecule has 1 aromatic rings. The highest BCUT2D eigenvalue weighted by atomic mass is 79.9. The summed E-state index contributed by atoms with van der Waals surface area (Å²) in [6.45, 7) is 4.10. The van der Waals surface area contributed by atoms with Gasteiger partial charge < -0.3 is 4.98 Å². The summed E-state index contributed by atoms with van der Waals surface area (Å²) in [5.41, 5.74) is 0.551. The van der Waals surface area contributed by atoms with E-state index >= 15 is 0 Å². The van der Waals surface area contributed by atoms with Crippen molar-refractivity contribution in [3.8, 4) is 0 Å². The van der Waals surface area contributed by atoms with Crippen LogP contribution in [0, 0.1) is 0 Å². The zero-order valence-corrected chi connectivity index (χ0v) is 17.3. The summed E-state index contributed by atoms with van der Waals surface area (Å²) >= 11 is 27.6. The van der Waals surface area contributed by atoms with Gasteiger partial charge in [-0.3, -0.25) is 0 Å². The maximum Gasteiger partial charge on any atom is 0.146 e. The van der Waals surface area contributed by atoms with Crippen molar-refractivity contribution < 1.29 is 0 Å². The molecule has 2 nitrogen and oxygen atoms in total. The van der Waals surface area contributed by atoms with Crippen LogP contribution in [0.15, 0.2) is 12.3 Å². The third-order valence-corrected chi connectivity index (χ3v) is 11.6. The minimum absolute atomic E-state index is 0.291. The number of nitrogens with zero attached hydrogens (tertiary/aromatic N) is 1. The minimum Gasteiger partial charge on any atom is -0.361 e. The van der Waals surface area contributed by atoms with E-state index in [1.54, 1.807) is 6.20 Å². The second kappa shape index (κ2) is 4.89. The molecule has 1 aliphatic rings. The molecule has 0 aliphatic carbocycles. The first-order chi connectivity index (χ1) is 8.08. The molecule has 2 heterocycles. The molecule has 1 saturated heterocycles. The van der Waals surface area contributed by atoms with E-state index in [4.69, 9.17) is 23.2 Å². The van der Waals surface area contributed by atoms with Crippen LogP contribution in [0.1, 0.15) is 19.5 Å². The molecule has 1 aliphatic heterocycles. The lowest BCUT2D eigenvalue weighted by Gasteiger charge is -2.40. The van der Waals surface area contributed by atoms with Gasteiger partial charge in [0.05, 0.1) is 19.4 Å². The van der Waals surface area contributed by atoms with Gasteiger partial charge in [-0.1, -0.05) is 59.4 Å². The largest absolute Gasteiger partial charge is 0.361 e. The molecule has 0 aromatic carbocycles. The van der Waals surface area contributed by atoms with Crippen LogP contribution in [0.2, 0.25) is 5.02 Å². The van der Waals surface area contributed by atoms with Crippen LogP contribution in [0.25, 0.3) is 0 Å². The second-order valence-electron chi connectivity index (χ2n) is 4.55. The van der Waals surface area contributed by atoms with E-state index in [1.807, 2.05) is 16.9 Å². The van der Waals surface area contributed by atoms with Crippen LogP contribution in [-0.2, 0) is 4.45 Å². The van der Waals surface area contributed by atoms with Gasteiger partial charge in [0.2, 0.25) is 0 Å². The highest BCUT2D eigenvalue weighted by molar-refractivity contribution is 9.14. The summed E-state index contributed by atoms with van der Waals surface area (Å²) < 4.78 is 0.439. The van der Waals surface area contributed by atoms with Crippen molar-refractivity contribution in [2.75, 3.05) is 0 Å². The van der Waals surface area contributed by atoms with Crippen molar-refractivity contribution in [2.45, 2.75) is 32.4 Å². The van der Waals surface area contributed by atoms with Crippen LogP contribution < -0.4 is 0 Å². The van der Waals surface area contributed by atoms with E-state index in [-0.39, 0.29) is 9.83 Å². The third kappa shape index (κ3) is 1.86. The molecule has 4 unspecified atom stereocenters. The molecule has 0 radical (unpaired) electrons. The number of halogens is 6. The van der Waals surface area contributed by atoms with Gasteiger partial charge >= 0.3 is 0 Å². The van der Waals surface area contributed by atoms with Gasteiger partial charge in [-0.15, -0.1) is 11.6 Å². The summed E-state index contributed by atoms with van der Waals surface area (Å²) in [5, 5.41) is 0.649. The predicted molar refractivity (Wildman–Crippen MR) is 91.5 cm³/mol. The van der Waals surface area contributed by atoms with Crippen molar-refractivity contribution >= 4 is 87.1 Å². The van der Waals surface area contributed by atoms with Gasteiger partial charge in [-0.05, 0) is 19.9 Å². The predicted octanol–water partition coefficient (Wildman–Crippen LogP) is 5.71. The highest BCUT2D eigenvalue weighted by Gasteiger charge is 2.70. The summed E-state index contributed by atoms with van der Waals surface area (Å²) in [4.78, 5) is 3.17. The lowest BCUT2D eigenvalue weighted by Crippen LogP contribution is -2.49. The van der Waals surface area contributed by atoms with E-state index in [0.717, 1.165) is 5.69 Å². The quantitative estimate of drug-likeness (QED) is 0.271. The molecule has 1 N–H and O–H groups in total. The zero-order valence-electron chi connectivity index (χ0n) is 9.45. The second-order valence-corrected chi connectivity index (χ2v) is 10.5. The van der Waals surface area contributed by atoms with Crippen molar-refractivity contribution in [1.29, 1.82) is 0 Å². The normalized spacial score (nSPS) is 45.7. The molecule has 102 valence electrons. The molecule has 4 atom stereocenters. The molecule has 2 rings (SSSR count). The average Bonchev–Trinajstić information content (AvgIpc) is 2.74. The van der Waals surface area contributed by atoms with Crippen LogP contribution in [0.3, 0.4) is 0 Å². The highest BCUT2D eigenvalue weighted by Crippen LogP contribution is 2.66. The summed E-state index contributed by atoms with van der Waals surface area (Å²) in [6, 6.07) is 1.82. The number of rotatable bonds is 1. The lowest BCUT2D eigenvalue weighted by molar-refractivity contribution is 0.372. The molecule has 0 bridgehead atoms. The molecule has 1 aromatic heterocycles. The van der Waals surface area contributed by atoms with E-state index in [0.29, 0.717) is 5.02 Å². The molecule has 1 fully saturated rings. The topological polar surface area (TPSA) is 19.0 Å². The van der Waals surface area contributed by atoms with Gasteiger partial charge in [0, 0.05) is 22.3 Å². The number of aromatic amines is 1. The van der Waals surface area contributed by atoms with Crippen LogP contribution in [0.4, 0.5) is 0 Å². The summed E-state index contributed by atoms with van der Waals surface area (Å²) in [7, 11) is 0. The average molecular weight is 549 g/mol. The molecule has 0 saturated carbocycles. The van der Waals surface area contributed by atoms with Gasteiger partial charge in [-0.25, -0.2) is 0 Å². The van der Waals surface area contributed by atoms with Crippen molar-refractivity contribution in [1.82, 2.24) is 8.91 Å². The fourth-order valence-corrected chi connectivity index (χ4v) is 6.81. The molecular formula is C10H10Br4Cl2N2. The van der Waals surface area contributed by atoms with Crippen LogP contribution >= 0.6 is 87.1 Å². The Labute approximate surface area is 150 Å². The zero-order chi connectivity index (χ0) is 13.9. The fraction of sp³-hybridized carbons (Fsp3) is 0.600. The Kier molecular flexibility index (Phi) is 4.38. The van der Waals surface area contributed by atoms with E-state index in [9.17, 15) is 0 Å². The molecule has 0 amide bonds. The number of alkyl halides is 4. The third-order valence-electron chi connectivity index (χ3n) is 3.51. The van der Waals surface area contributed by atoms with E-state index < -0.39 is 8.77 Å². The smallest absolute Gasteiger partial charge is 0.146 e. The number of hydrogen-bond acceptors (Lipinski definition) is 1. The maximum atomic E-state index is 6.51. The Morgan fingerprint density at radius 1 is 1.33 bits per heavy atom. The first-order valence-electron chi connectivity index (χ1n) is 5.07. The van der Waals surface area contributed by atoms with Crippen molar-refractivity contribution in [3.05, 3.63) is 23.0 Å². The number of nitrogens with one attached hydrogen (secondary N) is 1. The Hall–Kier alpha value is 1.74. The summed E-state index contributed by atoms with van der Waals surface area (Å²) in [5.74, 6) is 0. The monoisotopic (exact) mass is 544 g/mol. The Balaban J connectivity index is 2.67. The van der Waals surface area contributed by atoms with E-state index in [1.165, 1.54) is 0 Å². The Bertz CT molecular complexity index is 476. The Morgan fingerprint density at radius 2 is 1.89 bits per heavy atom. The summed E-state index contributed by atoms with van der Waals surface area (Å²) in [6.07, 6.45) is 1.80. The first kappa shape index (κ1) is 16.1. The lowest BCUT2D eigenvalue weighted by atomic mass is 9.91. The number of H-pyrrole nitrogens is 1. The molecule has 18 heavy (non-hydrogen) atoms. The van der Waals surface area contributed by atoms with Gasteiger partial charge in [0.25, 0.3) is 0 Å². The minimum atomic E-state index is -0.620. The number of aromatic nitrogens is 1. The standard InChI is InChI=1S/C10H10Br4Cl2N2/c1-8(11)7(16)18(14)10(13,9(8,2)12)6-5(15)3-4-17-6/h3-4,7,17H,1-2H3. The van der Waals surface area contributed by atoms with Gasteiger partial charge in [-0.2, -0.15) is 3.93 Å². The SMILES string of the molecule is CC1(Br)C(Cl)N(Br)C(Br)(c2[nH]ccc2Cl)C1(C)Br. The van der Waals surface area contributed by atoms with Gasteiger partial charge in [0.15, 0.2) is 0 Å². The van der Waals surface area contributed by atoms with Crippen molar-refractivity contribution in [2.24, 2.45) is 0 Å². The van der Waals surface area contributed by atoms with Crippen molar-refractivity contribution in [3.63, 3.8) is 0 Å². The molecular weight excluding hydrogens is 539 g/mol. The van der Waals surface area contributed by atoms with Crippen LogP contribution in [-0.4, -0.2) is 23.1 Å². The molecule has 0 spiro atoms. The van der Waals surface area contributed by atoms with Crippen LogP contribution in [0.5, 0.6) is 0 Å². The Morgan fingerprint density at radius 3 is 2.22 bits per heavy atom. The maximum absolute atomic E-state index is 6.51. The van der Waals surface area contributed by atoms with Gasteiger partial charge in [0.1, 0.15) is 9.95 Å². The van der Waals surface area contributed by atoms with E-state index in [2.05, 4.69) is 75.8 Å². The molecule has 8 heteroatoms. The fourth-order valence-electron chi connectivity index (χ4n) is 2.06. The number of hydrogen-bond donors (Lipinski definition) is 1. The first-order valence-corrected chi connectivity index (χ1v) is 8.98.